The lowest BCUT2D eigenvalue weighted by molar-refractivity contribution is -0.121. The molecule has 3 nitrogen and oxygen atoms in total. The van der Waals surface area contributed by atoms with E-state index in [1.807, 2.05) is 43.5 Å². The highest BCUT2D eigenvalue weighted by Gasteiger charge is 2.10. The van der Waals surface area contributed by atoms with Gasteiger partial charge in [0.25, 0.3) is 0 Å². The van der Waals surface area contributed by atoms with Crippen molar-refractivity contribution in [2.45, 2.75) is 32.7 Å². The first-order valence-electron chi connectivity index (χ1n) is 6.50. The first-order valence-corrected chi connectivity index (χ1v) is 7.76. The summed E-state index contributed by atoms with van der Waals surface area (Å²) in [5.41, 5.74) is 2.06. The molecule has 5 heteroatoms. The van der Waals surface area contributed by atoms with Crippen LogP contribution in [0.5, 0.6) is 0 Å². The molecule has 0 bridgehead atoms. The molecule has 0 saturated heterocycles. The molecular formula is C15H17ClN2OS. The van der Waals surface area contributed by atoms with Crippen molar-refractivity contribution in [1.82, 2.24) is 10.3 Å². The number of hydrogen-bond donors (Lipinski definition) is 1. The number of carbonyl (C=O) groups is 1. The molecule has 1 amide bonds. The molecule has 0 aliphatic heterocycles. The van der Waals surface area contributed by atoms with Crippen LogP contribution in [0.4, 0.5) is 0 Å². The van der Waals surface area contributed by atoms with Gasteiger partial charge in [-0.2, -0.15) is 0 Å². The SMILES string of the molecule is Cc1csc(CCC(=O)N[C@H](C)c2ccc(Cl)cc2)n1. The van der Waals surface area contributed by atoms with Crippen LogP contribution in [-0.2, 0) is 11.2 Å². The maximum atomic E-state index is 11.9. The Bertz CT molecular complexity index is 580. The largest absolute Gasteiger partial charge is 0.350 e. The fraction of sp³-hybridized carbons (Fsp3) is 0.333. The number of halogens is 1. The molecule has 0 spiro atoms. The monoisotopic (exact) mass is 308 g/mol. The van der Waals surface area contributed by atoms with Crippen LogP contribution < -0.4 is 5.32 Å². The van der Waals surface area contributed by atoms with Gasteiger partial charge in [-0.15, -0.1) is 11.3 Å². The van der Waals surface area contributed by atoms with Crippen LogP contribution >= 0.6 is 22.9 Å². The molecule has 0 aliphatic carbocycles. The van der Waals surface area contributed by atoms with Crippen molar-refractivity contribution in [3.8, 4) is 0 Å². The Balaban J connectivity index is 1.83. The first-order chi connectivity index (χ1) is 9.54. The van der Waals surface area contributed by atoms with Gasteiger partial charge < -0.3 is 5.32 Å². The van der Waals surface area contributed by atoms with Crippen molar-refractivity contribution < 1.29 is 4.79 Å². The van der Waals surface area contributed by atoms with Gasteiger partial charge in [-0.3, -0.25) is 4.79 Å². The minimum atomic E-state index is -0.0159. The van der Waals surface area contributed by atoms with Crippen LogP contribution in [-0.4, -0.2) is 10.9 Å². The van der Waals surface area contributed by atoms with Gasteiger partial charge in [0.15, 0.2) is 0 Å². The number of thiazole rings is 1. The summed E-state index contributed by atoms with van der Waals surface area (Å²) in [6.45, 7) is 3.93. The van der Waals surface area contributed by atoms with Gasteiger partial charge in [-0.25, -0.2) is 4.98 Å². The van der Waals surface area contributed by atoms with E-state index in [-0.39, 0.29) is 11.9 Å². The molecule has 1 heterocycles. The number of amides is 1. The molecule has 1 aromatic carbocycles. The van der Waals surface area contributed by atoms with E-state index in [1.54, 1.807) is 11.3 Å². The topological polar surface area (TPSA) is 42.0 Å². The highest BCUT2D eigenvalue weighted by Crippen LogP contribution is 2.16. The number of carbonyl (C=O) groups excluding carboxylic acids is 1. The van der Waals surface area contributed by atoms with Gasteiger partial charge in [-0.05, 0) is 31.5 Å². The van der Waals surface area contributed by atoms with Gasteiger partial charge in [0, 0.05) is 28.9 Å². The highest BCUT2D eigenvalue weighted by atomic mass is 35.5. The lowest BCUT2D eigenvalue weighted by atomic mass is 10.1. The zero-order valence-electron chi connectivity index (χ0n) is 11.5. The zero-order valence-corrected chi connectivity index (χ0v) is 13.1. The van der Waals surface area contributed by atoms with E-state index in [0.717, 1.165) is 16.3 Å². The Labute approximate surface area is 128 Å². The van der Waals surface area contributed by atoms with Gasteiger partial charge in [-0.1, -0.05) is 23.7 Å². The molecule has 2 aromatic rings. The zero-order chi connectivity index (χ0) is 14.5. The van der Waals surface area contributed by atoms with E-state index in [1.165, 1.54) is 0 Å². The van der Waals surface area contributed by atoms with Crippen molar-refractivity contribution in [1.29, 1.82) is 0 Å². The minimum Gasteiger partial charge on any atom is -0.350 e. The second-order valence-electron chi connectivity index (χ2n) is 4.72. The van der Waals surface area contributed by atoms with E-state index in [0.29, 0.717) is 17.9 Å². The number of benzene rings is 1. The quantitative estimate of drug-likeness (QED) is 0.909. The summed E-state index contributed by atoms with van der Waals surface area (Å²) in [6, 6.07) is 7.50. The number of aryl methyl sites for hydroxylation is 2. The molecule has 1 atom stereocenters. The molecule has 0 saturated carbocycles. The van der Waals surface area contributed by atoms with Crippen LogP contribution in [0.2, 0.25) is 5.02 Å². The van der Waals surface area contributed by atoms with Crippen molar-refractivity contribution in [3.63, 3.8) is 0 Å². The average Bonchev–Trinajstić information content (AvgIpc) is 2.83. The molecular weight excluding hydrogens is 292 g/mol. The lowest BCUT2D eigenvalue weighted by Gasteiger charge is -2.14. The molecule has 1 aromatic heterocycles. The van der Waals surface area contributed by atoms with E-state index in [4.69, 9.17) is 11.6 Å². The van der Waals surface area contributed by atoms with Crippen LogP contribution in [0.1, 0.15) is 35.7 Å². The molecule has 0 fully saturated rings. The van der Waals surface area contributed by atoms with Crippen molar-refractivity contribution >= 4 is 28.8 Å². The Hall–Kier alpha value is -1.39. The second-order valence-corrected chi connectivity index (χ2v) is 6.10. The van der Waals surface area contributed by atoms with Crippen molar-refractivity contribution in [2.75, 3.05) is 0 Å². The predicted molar refractivity (Wildman–Crippen MR) is 83.2 cm³/mol. The molecule has 20 heavy (non-hydrogen) atoms. The molecule has 1 N–H and O–H groups in total. The molecule has 0 radical (unpaired) electrons. The Morgan fingerprint density at radius 1 is 1.40 bits per heavy atom. The smallest absolute Gasteiger partial charge is 0.220 e. The molecule has 0 unspecified atom stereocenters. The highest BCUT2D eigenvalue weighted by molar-refractivity contribution is 7.09. The standard InChI is InChI=1S/C15H17ClN2OS/c1-10-9-20-15(17-10)8-7-14(19)18-11(2)12-3-5-13(16)6-4-12/h3-6,9,11H,7-8H2,1-2H3,(H,18,19)/t11-/m1/s1. The minimum absolute atomic E-state index is 0.0159. The second kappa shape index (κ2) is 6.86. The maximum Gasteiger partial charge on any atom is 0.220 e. The molecule has 0 aliphatic rings. The summed E-state index contributed by atoms with van der Waals surface area (Å²) in [7, 11) is 0. The van der Waals surface area contributed by atoms with Crippen molar-refractivity contribution in [2.24, 2.45) is 0 Å². The fourth-order valence-corrected chi connectivity index (χ4v) is 2.79. The summed E-state index contributed by atoms with van der Waals surface area (Å²) < 4.78 is 0. The number of aromatic nitrogens is 1. The summed E-state index contributed by atoms with van der Waals surface area (Å²) in [6.07, 6.45) is 1.16. The number of nitrogens with one attached hydrogen (secondary N) is 1. The van der Waals surface area contributed by atoms with Crippen LogP contribution in [0.25, 0.3) is 0 Å². The van der Waals surface area contributed by atoms with Crippen LogP contribution in [0.15, 0.2) is 29.6 Å². The lowest BCUT2D eigenvalue weighted by Crippen LogP contribution is -2.26. The number of rotatable bonds is 5. The third-order valence-electron chi connectivity index (χ3n) is 2.98. The number of nitrogens with zero attached hydrogens (tertiary/aromatic N) is 1. The fourth-order valence-electron chi connectivity index (χ4n) is 1.89. The first kappa shape index (κ1) is 15.0. The molecule has 106 valence electrons. The van der Waals surface area contributed by atoms with Crippen molar-refractivity contribution in [3.05, 3.63) is 50.9 Å². The summed E-state index contributed by atoms with van der Waals surface area (Å²) >= 11 is 7.45. The maximum absolute atomic E-state index is 11.9. The normalized spacial score (nSPS) is 12.2. The van der Waals surface area contributed by atoms with E-state index < -0.39 is 0 Å². The summed E-state index contributed by atoms with van der Waals surface area (Å²) in [5.74, 6) is 0.0419. The van der Waals surface area contributed by atoms with Gasteiger partial charge in [0.2, 0.25) is 5.91 Å². The summed E-state index contributed by atoms with van der Waals surface area (Å²) in [5, 5.41) is 6.70. The Morgan fingerprint density at radius 2 is 2.10 bits per heavy atom. The third-order valence-corrected chi connectivity index (χ3v) is 4.26. The number of hydrogen-bond acceptors (Lipinski definition) is 3. The predicted octanol–water partition coefficient (Wildman–Crippen LogP) is 3.91. The van der Waals surface area contributed by atoms with Crippen LogP contribution in [0.3, 0.4) is 0 Å². The summed E-state index contributed by atoms with van der Waals surface area (Å²) in [4.78, 5) is 16.3. The molecule has 2 rings (SSSR count). The van der Waals surface area contributed by atoms with E-state index in [2.05, 4.69) is 10.3 Å². The van der Waals surface area contributed by atoms with Gasteiger partial charge in [0.1, 0.15) is 0 Å². The van der Waals surface area contributed by atoms with E-state index >= 15 is 0 Å². The van der Waals surface area contributed by atoms with Gasteiger partial charge in [0.05, 0.1) is 11.0 Å². The van der Waals surface area contributed by atoms with Crippen LogP contribution in [0, 0.1) is 6.92 Å². The Kier molecular flexibility index (Phi) is 5.15. The Morgan fingerprint density at radius 3 is 2.70 bits per heavy atom. The third kappa shape index (κ3) is 4.32. The average molecular weight is 309 g/mol. The van der Waals surface area contributed by atoms with E-state index in [9.17, 15) is 4.79 Å². The van der Waals surface area contributed by atoms with Gasteiger partial charge >= 0.3 is 0 Å².